The molecule has 1 unspecified atom stereocenters. The minimum atomic E-state index is -1.33. The lowest BCUT2D eigenvalue weighted by Gasteiger charge is -2.33. The highest BCUT2D eigenvalue weighted by Gasteiger charge is 2.40. The second-order valence-electron chi connectivity index (χ2n) is 8.03. The summed E-state index contributed by atoms with van der Waals surface area (Å²) in [6, 6.07) is 3.48. The average molecular weight is 892 g/mol. The van der Waals surface area contributed by atoms with Crippen molar-refractivity contribution in [3.8, 4) is 23.0 Å². The van der Waals surface area contributed by atoms with E-state index < -0.39 is 11.9 Å². The summed E-state index contributed by atoms with van der Waals surface area (Å²) in [5.74, 6) is -1.49. The number of rotatable bonds is 3. The van der Waals surface area contributed by atoms with E-state index in [1.165, 1.54) is 0 Å². The van der Waals surface area contributed by atoms with Gasteiger partial charge in [0.1, 0.15) is 23.0 Å². The van der Waals surface area contributed by atoms with Crippen LogP contribution in [0.15, 0.2) is 12.1 Å². The fourth-order valence-electron chi connectivity index (χ4n) is 4.06. The van der Waals surface area contributed by atoms with Gasteiger partial charge in [-0.15, -0.1) is 0 Å². The fraction of sp³-hybridized carbons (Fsp3) is 0.174. The SMILES string of the molecule is CC(C)c1cc2c(c(I)c1O)Oc1c(cc(I)c(O)c1I)C2c1c(Cl)c(Cl)c(Cl)c(Cl)c1C(=O)O. The van der Waals surface area contributed by atoms with E-state index in [1.54, 1.807) is 12.1 Å². The first-order valence-corrected chi connectivity index (χ1v) is 14.6. The molecular weight excluding hydrogens is 879 g/mol. The number of aromatic hydroxyl groups is 2. The molecule has 3 N–H and O–H groups in total. The third kappa shape index (κ3) is 4.46. The van der Waals surface area contributed by atoms with E-state index in [0.29, 0.717) is 38.9 Å². The summed E-state index contributed by atoms with van der Waals surface area (Å²) in [4.78, 5) is 12.4. The second-order valence-corrected chi connectivity index (χ2v) is 12.9. The van der Waals surface area contributed by atoms with Gasteiger partial charge in [-0.1, -0.05) is 60.3 Å². The monoisotopic (exact) mass is 890 g/mol. The molecule has 35 heavy (non-hydrogen) atoms. The van der Waals surface area contributed by atoms with Crippen molar-refractivity contribution in [2.75, 3.05) is 0 Å². The van der Waals surface area contributed by atoms with Gasteiger partial charge in [-0.2, -0.15) is 0 Å². The standard InChI is InChI=1S/C23H13Cl4I3O5/c1-5(2)6-3-7-10(11-12(23(33)34)14(25)16(27)15(26)13(11)24)8-4-9(28)20(32)18(30)22(8)35-21(7)17(29)19(6)31/h3-5,10,31-32H,1-2H3,(H,33,34). The van der Waals surface area contributed by atoms with Crippen LogP contribution in [0.5, 0.6) is 23.0 Å². The van der Waals surface area contributed by atoms with Crippen molar-refractivity contribution in [2.45, 2.75) is 25.7 Å². The van der Waals surface area contributed by atoms with Gasteiger partial charge in [0.05, 0.1) is 36.4 Å². The number of carboxylic acid groups (broad SMARTS) is 1. The third-order valence-corrected chi connectivity index (χ3v) is 10.3. The van der Waals surface area contributed by atoms with Crippen LogP contribution < -0.4 is 4.74 Å². The molecule has 0 saturated heterocycles. The molecule has 0 fully saturated rings. The zero-order valence-corrected chi connectivity index (χ0v) is 27.1. The van der Waals surface area contributed by atoms with Gasteiger partial charge >= 0.3 is 5.97 Å². The molecule has 184 valence electrons. The Bertz CT molecular complexity index is 1440. The molecule has 3 aromatic rings. The van der Waals surface area contributed by atoms with Crippen molar-refractivity contribution in [2.24, 2.45) is 0 Å². The lowest BCUT2D eigenvalue weighted by Crippen LogP contribution is -2.19. The average Bonchev–Trinajstić information content (AvgIpc) is 2.79. The van der Waals surface area contributed by atoms with Crippen LogP contribution in [0.1, 0.15) is 58.3 Å². The molecule has 1 aliphatic heterocycles. The Kier molecular flexibility index (Phi) is 8.14. The number of fused-ring (bicyclic) bond motifs is 2. The number of benzene rings is 3. The molecule has 1 atom stereocenters. The minimum Gasteiger partial charge on any atom is -0.506 e. The molecule has 1 heterocycles. The van der Waals surface area contributed by atoms with Gasteiger partial charge in [-0.25, -0.2) is 4.79 Å². The number of ether oxygens (including phenoxy) is 1. The van der Waals surface area contributed by atoms with Crippen molar-refractivity contribution in [3.05, 3.63) is 70.8 Å². The number of carbonyl (C=O) groups is 1. The first-order valence-electron chi connectivity index (χ1n) is 9.82. The van der Waals surface area contributed by atoms with Crippen LogP contribution in [-0.4, -0.2) is 21.3 Å². The highest BCUT2D eigenvalue weighted by molar-refractivity contribution is 14.1. The maximum Gasteiger partial charge on any atom is 0.337 e. The van der Waals surface area contributed by atoms with Crippen molar-refractivity contribution in [1.82, 2.24) is 0 Å². The van der Waals surface area contributed by atoms with E-state index in [0.717, 1.165) is 0 Å². The van der Waals surface area contributed by atoms with Crippen LogP contribution in [0.3, 0.4) is 0 Å². The Morgan fingerprint density at radius 2 is 1.40 bits per heavy atom. The van der Waals surface area contributed by atoms with Crippen LogP contribution in [0.4, 0.5) is 0 Å². The van der Waals surface area contributed by atoms with Crippen LogP contribution in [0.2, 0.25) is 20.1 Å². The van der Waals surface area contributed by atoms with Gasteiger partial charge < -0.3 is 20.1 Å². The number of hydrogen-bond donors (Lipinski definition) is 3. The van der Waals surface area contributed by atoms with E-state index in [1.807, 2.05) is 81.6 Å². The molecule has 0 saturated carbocycles. The van der Waals surface area contributed by atoms with Gasteiger partial charge in [0.15, 0.2) is 0 Å². The van der Waals surface area contributed by atoms with Gasteiger partial charge in [-0.3, -0.25) is 0 Å². The van der Waals surface area contributed by atoms with E-state index in [-0.39, 0.29) is 48.6 Å². The minimum absolute atomic E-state index is 0.0157. The molecule has 0 spiro atoms. The van der Waals surface area contributed by atoms with Crippen molar-refractivity contribution >= 4 is 120 Å². The molecule has 0 amide bonds. The Balaban J connectivity index is 2.25. The normalized spacial score (nSPS) is 14.5. The number of hydrogen-bond acceptors (Lipinski definition) is 4. The molecular formula is C23H13Cl4I3O5. The predicted molar refractivity (Wildman–Crippen MR) is 163 cm³/mol. The number of aromatic carboxylic acids is 1. The van der Waals surface area contributed by atoms with Crippen molar-refractivity contribution in [3.63, 3.8) is 0 Å². The lowest BCUT2D eigenvalue weighted by molar-refractivity contribution is 0.0695. The summed E-state index contributed by atoms with van der Waals surface area (Å²) in [6.07, 6.45) is 0. The van der Waals surface area contributed by atoms with E-state index in [9.17, 15) is 20.1 Å². The first kappa shape index (κ1) is 27.9. The Labute approximate surface area is 261 Å². The van der Waals surface area contributed by atoms with E-state index >= 15 is 0 Å². The van der Waals surface area contributed by atoms with Gasteiger partial charge in [0.2, 0.25) is 0 Å². The summed E-state index contributed by atoms with van der Waals surface area (Å²) in [5, 5.41) is 31.1. The smallest absolute Gasteiger partial charge is 0.337 e. The molecule has 0 aromatic heterocycles. The van der Waals surface area contributed by atoms with Gasteiger partial charge in [-0.05, 0) is 91.4 Å². The predicted octanol–water partition coefficient (Wildman–Crippen LogP) is 9.63. The zero-order chi connectivity index (χ0) is 26.1. The lowest BCUT2D eigenvalue weighted by atomic mass is 9.79. The van der Waals surface area contributed by atoms with Crippen LogP contribution in [0, 0.1) is 10.7 Å². The summed E-state index contributed by atoms with van der Waals surface area (Å²) >= 11 is 31.7. The molecule has 0 radical (unpaired) electrons. The number of phenolic OH excluding ortho intramolecular Hbond substituents is 2. The first-order chi connectivity index (χ1) is 16.3. The quantitative estimate of drug-likeness (QED) is 0.108. The molecule has 0 bridgehead atoms. The zero-order valence-electron chi connectivity index (χ0n) is 17.6. The summed E-state index contributed by atoms with van der Waals surface area (Å²) in [7, 11) is 0. The van der Waals surface area contributed by atoms with E-state index in [4.69, 9.17) is 51.1 Å². The summed E-state index contributed by atoms with van der Waals surface area (Å²) in [6.45, 7) is 3.86. The number of carboxylic acids is 1. The van der Waals surface area contributed by atoms with Crippen molar-refractivity contribution < 1.29 is 24.9 Å². The Morgan fingerprint density at radius 1 is 0.886 bits per heavy atom. The van der Waals surface area contributed by atoms with Crippen molar-refractivity contribution in [1.29, 1.82) is 0 Å². The molecule has 4 rings (SSSR count). The highest BCUT2D eigenvalue weighted by Crippen LogP contribution is 2.58. The largest absolute Gasteiger partial charge is 0.506 e. The summed E-state index contributed by atoms with van der Waals surface area (Å²) < 4.78 is 7.63. The molecule has 5 nitrogen and oxygen atoms in total. The molecule has 1 aliphatic rings. The Hall–Kier alpha value is -0.120. The van der Waals surface area contributed by atoms with Crippen LogP contribution in [-0.2, 0) is 0 Å². The van der Waals surface area contributed by atoms with Crippen LogP contribution in [0.25, 0.3) is 0 Å². The molecule has 0 aliphatic carbocycles. The fourth-order valence-corrected chi connectivity index (χ4v) is 7.68. The molecule has 3 aromatic carbocycles. The van der Waals surface area contributed by atoms with Gasteiger partial charge in [0.25, 0.3) is 0 Å². The maximum atomic E-state index is 12.4. The number of phenols is 2. The third-order valence-electron chi connectivity index (χ3n) is 5.69. The number of halogens is 7. The maximum absolute atomic E-state index is 12.4. The molecule has 12 heteroatoms. The summed E-state index contributed by atoms with van der Waals surface area (Å²) in [5.41, 5.74) is 1.62. The topological polar surface area (TPSA) is 87.0 Å². The van der Waals surface area contributed by atoms with Crippen LogP contribution >= 0.6 is 114 Å². The van der Waals surface area contributed by atoms with E-state index in [2.05, 4.69) is 0 Å². The second kappa shape index (κ2) is 10.2. The Morgan fingerprint density at radius 3 is 1.94 bits per heavy atom. The highest BCUT2D eigenvalue weighted by atomic mass is 127. The van der Waals surface area contributed by atoms with Gasteiger partial charge in [0, 0.05) is 22.6 Å².